The third-order valence-electron chi connectivity index (χ3n) is 5.43. The minimum atomic E-state index is -1.68. The van der Waals surface area contributed by atoms with Gasteiger partial charge in [-0.1, -0.05) is 24.0 Å². The molecule has 0 unspecified atom stereocenters. The number of aliphatic hydroxyl groups excluding tert-OH is 1. The van der Waals surface area contributed by atoms with Crippen molar-refractivity contribution in [2.45, 2.75) is 25.0 Å². The van der Waals surface area contributed by atoms with E-state index in [9.17, 15) is 19.8 Å². The Morgan fingerprint density at radius 2 is 2.06 bits per heavy atom. The van der Waals surface area contributed by atoms with Crippen molar-refractivity contribution in [3.05, 3.63) is 59.3 Å². The van der Waals surface area contributed by atoms with E-state index in [0.29, 0.717) is 34.3 Å². The fourth-order valence-corrected chi connectivity index (χ4v) is 3.64. The summed E-state index contributed by atoms with van der Waals surface area (Å²) >= 11 is 0. The topological polar surface area (TPSA) is 122 Å². The number of rotatable bonds is 3. The molecule has 1 aliphatic rings. The number of primary amides is 1. The van der Waals surface area contributed by atoms with Crippen molar-refractivity contribution < 1.29 is 19.8 Å². The Labute approximate surface area is 178 Å². The maximum absolute atomic E-state index is 12.1. The number of aliphatic hydroxyl groups is 2. The van der Waals surface area contributed by atoms with Gasteiger partial charge in [-0.3, -0.25) is 9.59 Å². The number of aromatic nitrogens is 2. The summed E-state index contributed by atoms with van der Waals surface area (Å²) in [5.41, 5.74) is 6.45. The first kappa shape index (κ1) is 20.6. The first-order valence-corrected chi connectivity index (χ1v) is 9.82. The number of hydrogen-bond donors (Lipinski definition) is 3. The molecule has 1 fully saturated rings. The Kier molecular flexibility index (Phi) is 5.01. The molecule has 1 saturated heterocycles. The second-order valence-corrected chi connectivity index (χ2v) is 7.71. The monoisotopic (exact) mass is 418 g/mol. The molecule has 0 spiro atoms. The number of hydrogen-bond acceptors (Lipinski definition) is 5. The van der Waals surface area contributed by atoms with Gasteiger partial charge in [0.15, 0.2) is 5.69 Å². The van der Waals surface area contributed by atoms with Gasteiger partial charge in [0.1, 0.15) is 0 Å². The van der Waals surface area contributed by atoms with Crippen LogP contribution in [0.5, 0.6) is 0 Å². The summed E-state index contributed by atoms with van der Waals surface area (Å²) in [7, 11) is 1.63. The van der Waals surface area contributed by atoms with Crippen LogP contribution in [0.3, 0.4) is 0 Å². The number of likely N-dealkylation sites (N-methyl/N-ethyl adjacent to an activating group) is 1. The lowest BCUT2D eigenvalue weighted by Gasteiger charge is -2.13. The quantitative estimate of drug-likeness (QED) is 0.551. The van der Waals surface area contributed by atoms with Crippen molar-refractivity contribution in [3.63, 3.8) is 0 Å². The van der Waals surface area contributed by atoms with Gasteiger partial charge in [-0.25, -0.2) is 4.68 Å². The van der Waals surface area contributed by atoms with E-state index in [2.05, 4.69) is 16.9 Å². The molecular formula is C23H22N4O4. The van der Waals surface area contributed by atoms with Crippen molar-refractivity contribution >= 4 is 22.7 Å². The van der Waals surface area contributed by atoms with E-state index in [-0.39, 0.29) is 12.1 Å². The molecule has 0 bridgehead atoms. The van der Waals surface area contributed by atoms with Crippen molar-refractivity contribution in [1.29, 1.82) is 0 Å². The fourth-order valence-electron chi connectivity index (χ4n) is 3.64. The van der Waals surface area contributed by atoms with Crippen LogP contribution in [0.4, 0.5) is 0 Å². The SMILES string of the molecule is C[C@@H](O)c1ccc2c(c1)c(C(N)=O)nn2-c1cccc(C#C[C@]2(O)CCN(C)C2=O)c1. The maximum Gasteiger partial charge on any atom is 0.269 e. The average Bonchev–Trinajstić information content (AvgIpc) is 3.26. The van der Waals surface area contributed by atoms with Crippen molar-refractivity contribution in [1.82, 2.24) is 14.7 Å². The van der Waals surface area contributed by atoms with Gasteiger partial charge in [-0.2, -0.15) is 5.10 Å². The van der Waals surface area contributed by atoms with Crippen molar-refractivity contribution in [2.24, 2.45) is 5.73 Å². The molecule has 0 saturated carbocycles. The van der Waals surface area contributed by atoms with Gasteiger partial charge in [0.2, 0.25) is 5.60 Å². The molecule has 1 aromatic heterocycles. The summed E-state index contributed by atoms with van der Waals surface area (Å²) in [6.07, 6.45) is -0.443. The van der Waals surface area contributed by atoms with Crippen LogP contribution in [0, 0.1) is 11.8 Å². The zero-order chi connectivity index (χ0) is 22.3. The Balaban J connectivity index is 1.78. The number of likely N-dealkylation sites (tertiary alicyclic amines) is 1. The van der Waals surface area contributed by atoms with E-state index in [1.165, 1.54) is 4.90 Å². The zero-order valence-electron chi connectivity index (χ0n) is 17.2. The number of fused-ring (bicyclic) bond motifs is 1. The van der Waals surface area contributed by atoms with E-state index < -0.39 is 23.5 Å². The molecule has 4 N–H and O–H groups in total. The maximum atomic E-state index is 12.1. The Bertz CT molecular complexity index is 1270. The van der Waals surface area contributed by atoms with Crippen molar-refractivity contribution in [2.75, 3.05) is 13.6 Å². The summed E-state index contributed by atoms with van der Waals surface area (Å²) in [5.74, 6) is 4.49. The highest BCUT2D eigenvalue weighted by atomic mass is 16.3. The Morgan fingerprint density at radius 3 is 2.71 bits per heavy atom. The van der Waals surface area contributed by atoms with Crippen molar-refractivity contribution in [3.8, 4) is 17.5 Å². The summed E-state index contributed by atoms with van der Waals surface area (Å²) in [6, 6.07) is 12.3. The lowest BCUT2D eigenvalue weighted by Crippen LogP contribution is -2.37. The third kappa shape index (κ3) is 3.65. The normalized spacial score (nSPS) is 19.4. The number of nitrogens with zero attached hydrogens (tertiary/aromatic N) is 3. The molecule has 2 heterocycles. The van der Waals surface area contributed by atoms with Crippen LogP contribution in [-0.2, 0) is 4.79 Å². The van der Waals surface area contributed by atoms with Crippen LogP contribution in [0.1, 0.15) is 41.1 Å². The number of carbonyl (C=O) groups is 2. The lowest BCUT2D eigenvalue weighted by atomic mass is 10.0. The van der Waals surface area contributed by atoms with E-state index in [0.717, 1.165) is 0 Å². The Morgan fingerprint density at radius 1 is 1.29 bits per heavy atom. The molecule has 2 atom stereocenters. The van der Waals surface area contributed by atoms with Crippen LogP contribution >= 0.6 is 0 Å². The summed E-state index contributed by atoms with van der Waals surface area (Å²) in [4.78, 5) is 25.5. The lowest BCUT2D eigenvalue weighted by molar-refractivity contribution is -0.137. The molecule has 8 heteroatoms. The predicted octanol–water partition coefficient (Wildman–Crippen LogP) is 1.12. The van der Waals surface area contributed by atoms with Crippen LogP contribution in [-0.4, -0.2) is 55.9 Å². The standard InChI is InChI=1S/C23H22N4O4/c1-14(28)16-6-7-19-18(13-16)20(21(24)29)25-27(19)17-5-3-4-15(12-17)8-9-23(31)10-11-26(2)22(23)30/h3-7,12-14,28,31H,10-11H2,1-2H3,(H2,24,29)/t14-,23+/m1/s1. The second kappa shape index (κ2) is 7.54. The molecular weight excluding hydrogens is 396 g/mol. The molecule has 3 aromatic rings. The van der Waals surface area contributed by atoms with Crippen LogP contribution in [0.15, 0.2) is 42.5 Å². The molecule has 1 aliphatic heterocycles. The third-order valence-corrected chi connectivity index (χ3v) is 5.43. The molecule has 0 aliphatic carbocycles. The van der Waals surface area contributed by atoms with E-state index in [1.54, 1.807) is 61.1 Å². The van der Waals surface area contributed by atoms with Gasteiger partial charge < -0.3 is 20.8 Å². The molecule has 2 aromatic carbocycles. The van der Waals surface area contributed by atoms with E-state index >= 15 is 0 Å². The molecule has 31 heavy (non-hydrogen) atoms. The second-order valence-electron chi connectivity index (χ2n) is 7.71. The first-order chi connectivity index (χ1) is 14.7. The molecule has 158 valence electrons. The van der Waals surface area contributed by atoms with Gasteiger partial charge in [0.05, 0.1) is 17.3 Å². The molecule has 2 amide bonds. The fraction of sp³-hybridized carbons (Fsp3) is 0.261. The number of benzene rings is 2. The van der Waals surface area contributed by atoms with Gasteiger partial charge >= 0.3 is 0 Å². The highest BCUT2D eigenvalue weighted by Gasteiger charge is 2.42. The van der Waals surface area contributed by atoms with Crippen LogP contribution in [0.2, 0.25) is 0 Å². The molecule has 8 nitrogen and oxygen atoms in total. The highest BCUT2D eigenvalue weighted by Crippen LogP contribution is 2.26. The van der Waals surface area contributed by atoms with Gasteiger partial charge in [-0.05, 0) is 42.8 Å². The largest absolute Gasteiger partial charge is 0.389 e. The predicted molar refractivity (Wildman–Crippen MR) is 114 cm³/mol. The van der Waals surface area contributed by atoms with E-state index in [4.69, 9.17) is 5.73 Å². The van der Waals surface area contributed by atoms with E-state index in [1.807, 2.05) is 0 Å². The van der Waals surface area contributed by atoms with Crippen LogP contribution < -0.4 is 5.73 Å². The van der Waals surface area contributed by atoms with Gasteiger partial charge in [0, 0.05) is 31.0 Å². The Hall–Kier alpha value is -3.67. The number of amides is 2. The molecule has 4 rings (SSSR count). The zero-order valence-corrected chi connectivity index (χ0v) is 17.2. The minimum Gasteiger partial charge on any atom is -0.389 e. The summed E-state index contributed by atoms with van der Waals surface area (Å²) in [6.45, 7) is 2.09. The van der Waals surface area contributed by atoms with Gasteiger partial charge in [-0.15, -0.1) is 0 Å². The number of carbonyl (C=O) groups excluding carboxylic acids is 2. The van der Waals surface area contributed by atoms with Gasteiger partial charge in [0.25, 0.3) is 11.8 Å². The first-order valence-electron chi connectivity index (χ1n) is 9.82. The van der Waals surface area contributed by atoms with Crippen LogP contribution in [0.25, 0.3) is 16.6 Å². The molecule has 0 radical (unpaired) electrons. The minimum absolute atomic E-state index is 0.0999. The number of nitrogens with two attached hydrogens (primary N) is 1. The highest BCUT2D eigenvalue weighted by molar-refractivity contribution is 6.04. The summed E-state index contributed by atoms with van der Waals surface area (Å²) in [5, 5.41) is 25.3. The summed E-state index contributed by atoms with van der Waals surface area (Å²) < 4.78 is 1.58. The smallest absolute Gasteiger partial charge is 0.269 e. The average molecular weight is 418 g/mol.